The van der Waals surface area contributed by atoms with Gasteiger partial charge < -0.3 is 24.8 Å². The first kappa shape index (κ1) is 18.4. The van der Waals surface area contributed by atoms with Gasteiger partial charge in [-0.05, 0) is 23.6 Å². The number of benzene rings is 1. The number of alkyl halides is 1. The van der Waals surface area contributed by atoms with E-state index in [9.17, 15) is 14.0 Å². The molecule has 0 aliphatic carbocycles. The van der Waals surface area contributed by atoms with E-state index >= 15 is 0 Å². The number of pyridine rings is 1. The third kappa shape index (κ3) is 3.11. The fourth-order valence-corrected chi connectivity index (χ4v) is 3.57. The molecule has 1 aromatic heterocycles. The second kappa shape index (κ2) is 7.23. The lowest BCUT2D eigenvalue weighted by Crippen LogP contribution is -2.41. The second-order valence-electron chi connectivity index (χ2n) is 6.88. The summed E-state index contributed by atoms with van der Waals surface area (Å²) in [6, 6.07) is 4.51. The molecule has 2 aromatic rings. The van der Waals surface area contributed by atoms with E-state index in [4.69, 9.17) is 19.9 Å². The fraction of sp³-hybridized carbons (Fsp3) is 0.421. The van der Waals surface area contributed by atoms with Crippen molar-refractivity contribution in [2.24, 2.45) is 11.7 Å². The molecule has 2 N–H and O–H groups in total. The first-order chi connectivity index (χ1) is 13.5. The van der Waals surface area contributed by atoms with Crippen LogP contribution in [0.15, 0.2) is 24.4 Å². The third-order valence-electron chi connectivity index (χ3n) is 5.19. The predicted molar refractivity (Wildman–Crippen MR) is 96.8 cm³/mol. The molecule has 3 atom stereocenters. The van der Waals surface area contributed by atoms with Crippen molar-refractivity contribution in [1.82, 2.24) is 9.88 Å². The largest absolute Gasteiger partial charge is 0.490 e. The highest BCUT2D eigenvalue weighted by Crippen LogP contribution is 2.33. The maximum Gasteiger partial charge on any atom is 0.259 e. The Balaban J connectivity index is 1.74. The number of nitrogens with zero attached hydrogens (tertiary/aromatic N) is 2. The van der Waals surface area contributed by atoms with Gasteiger partial charge in [-0.3, -0.25) is 9.59 Å². The predicted octanol–water partition coefficient (Wildman–Crippen LogP) is 1.26. The van der Waals surface area contributed by atoms with E-state index in [-0.39, 0.29) is 32.1 Å². The molecule has 9 heteroatoms. The van der Waals surface area contributed by atoms with Crippen molar-refractivity contribution in [3.63, 3.8) is 0 Å². The molecule has 0 unspecified atom stereocenters. The van der Waals surface area contributed by atoms with Crippen LogP contribution in [0, 0.1) is 5.92 Å². The maximum atomic E-state index is 14.2. The molecule has 0 radical (unpaired) electrons. The molecule has 3 heterocycles. The summed E-state index contributed by atoms with van der Waals surface area (Å²) in [6.07, 6.45) is -0.0464. The van der Waals surface area contributed by atoms with Crippen LogP contribution in [0.5, 0.6) is 11.6 Å². The van der Waals surface area contributed by atoms with Gasteiger partial charge in [-0.2, -0.15) is 0 Å². The zero-order chi connectivity index (χ0) is 19.8. The van der Waals surface area contributed by atoms with E-state index in [0.717, 1.165) is 0 Å². The molecule has 1 aromatic carbocycles. The van der Waals surface area contributed by atoms with Crippen molar-refractivity contribution >= 4 is 22.6 Å². The minimum Gasteiger partial charge on any atom is -0.490 e. The number of amides is 2. The molecule has 2 aliphatic rings. The number of carbonyl (C=O) groups excluding carboxylic acids is 2. The average molecular weight is 389 g/mol. The Morgan fingerprint density at radius 1 is 1.32 bits per heavy atom. The highest BCUT2D eigenvalue weighted by atomic mass is 19.1. The van der Waals surface area contributed by atoms with E-state index in [1.807, 2.05) is 0 Å². The number of aromatic nitrogens is 1. The first-order valence-electron chi connectivity index (χ1n) is 8.98. The lowest BCUT2D eigenvalue weighted by molar-refractivity contribution is -0.138. The molecular weight excluding hydrogens is 369 g/mol. The topological polar surface area (TPSA) is 104 Å². The van der Waals surface area contributed by atoms with E-state index < -0.39 is 29.9 Å². The summed E-state index contributed by atoms with van der Waals surface area (Å²) in [5.41, 5.74) is 5.71. The zero-order valence-electron chi connectivity index (χ0n) is 15.3. The van der Waals surface area contributed by atoms with Gasteiger partial charge in [0.2, 0.25) is 5.88 Å². The Morgan fingerprint density at radius 3 is 2.93 bits per heavy atom. The number of fused-ring (bicyclic) bond motifs is 2. The summed E-state index contributed by atoms with van der Waals surface area (Å²) >= 11 is 0. The molecule has 1 saturated heterocycles. The number of hydrogen-bond donors (Lipinski definition) is 1. The van der Waals surface area contributed by atoms with Crippen molar-refractivity contribution in [3.8, 4) is 11.6 Å². The van der Waals surface area contributed by atoms with Crippen molar-refractivity contribution in [2.45, 2.75) is 19.1 Å². The molecule has 2 amide bonds. The fourth-order valence-electron chi connectivity index (χ4n) is 3.57. The van der Waals surface area contributed by atoms with Crippen LogP contribution >= 0.6 is 0 Å². The van der Waals surface area contributed by atoms with E-state index in [0.29, 0.717) is 22.4 Å². The lowest BCUT2D eigenvalue weighted by atomic mass is 10.0. The van der Waals surface area contributed by atoms with Gasteiger partial charge >= 0.3 is 0 Å². The maximum absolute atomic E-state index is 14.2. The van der Waals surface area contributed by atoms with Gasteiger partial charge in [0.05, 0.1) is 18.2 Å². The minimum atomic E-state index is -1.59. The SMILES string of the molecule is C[C@@H]1[C@H](F)C(=O)N2COCCOc3cc4c(nccc4cc3C(N)=O)OC[C@H]12. The van der Waals surface area contributed by atoms with Crippen LogP contribution < -0.4 is 15.2 Å². The standard InChI is InChI=1S/C19H20FN3O5/c1-10-14-8-28-18-12-7-15(13(17(21)24)6-11(12)2-3-22-18)27-5-4-26-9-23(14)19(25)16(10)20/h2-3,6-7,10,14,16H,4-5,8-9H2,1H3,(H2,21,24)/t10-,14+,16-/m0/s1. The van der Waals surface area contributed by atoms with Gasteiger partial charge in [0.1, 0.15) is 25.7 Å². The summed E-state index contributed by atoms with van der Waals surface area (Å²) in [6.45, 7) is 1.95. The molecule has 1 fully saturated rings. The number of rotatable bonds is 1. The molecule has 0 saturated carbocycles. The van der Waals surface area contributed by atoms with Crippen molar-refractivity contribution in [2.75, 3.05) is 26.6 Å². The van der Waals surface area contributed by atoms with Crippen LogP contribution in [0.4, 0.5) is 4.39 Å². The number of primary amides is 1. The smallest absolute Gasteiger partial charge is 0.259 e. The lowest BCUT2D eigenvalue weighted by Gasteiger charge is -2.26. The zero-order valence-corrected chi connectivity index (χ0v) is 15.3. The molecule has 8 nitrogen and oxygen atoms in total. The molecule has 2 aliphatic heterocycles. The number of nitrogens with two attached hydrogens (primary N) is 1. The van der Waals surface area contributed by atoms with Crippen LogP contribution in [0.1, 0.15) is 17.3 Å². The van der Waals surface area contributed by atoms with Gasteiger partial charge in [0.25, 0.3) is 11.8 Å². The monoisotopic (exact) mass is 389 g/mol. The molecule has 0 spiro atoms. The van der Waals surface area contributed by atoms with Gasteiger partial charge in [-0.25, -0.2) is 9.37 Å². The van der Waals surface area contributed by atoms with Crippen molar-refractivity contribution in [3.05, 3.63) is 30.0 Å². The summed E-state index contributed by atoms with van der Waals surface area (Å²) in [5.74, 6) is -1.16. The minimum absolute atomic E-state index is 0.0660. The Kier molecular flexibility index (Phi) is 4.76. The third-order valence-corrected chi connectivity index (χ3v) is 5.19. The summed E-state index contributed by atoms with van der Waals surface area (Å²) in [4.78, 5) is 29.6. The number of carbonyl (C=O) groups is 2. The van der Waals surface area contributed by atoms with Gasteiger partial charge in [-0.15, -0.1) is 0 Å². The number of ether oxygens (including phenoxy) is 3. The van der Waals surface area contributed by atoms with Crippen molar-refractivity contribution < 1.29 is 28.2 Å². The quantitative estimate of drug-likeness (QED) is 0.788. The van der Waals surface area contributed by atoms with E-state index in [2.05, 4.69) is 4.98 Å². The molecule has 148 valence electrons. The molecule has 4 rings (SSSR count). The highest BCUT2D eigenvalue weighted by molar-refractivity contribution is 6.01. The summed E-state index contributed by atoms with van der Waals surface area (Å²) in [7, 11) is 0. The van der Waals surface area contributed by atoms with Crippen LogP contribution in [0.3, 0.4) is 0 Å². The van der Waals surface area contributed by atoms with Crippen LogP contribution in [0.25, 0.3) is 10.8 Å². The molecule has 2 bridgehead atoms. The number of halogens is 1. The average Bonchev–Trinajstić information content (AvgIpc) is 2.89. The molecule has 28 heavy (non-hydrogen) atoms. The number of hydrogen-bond acceptors (Lipinski definition) is 6. The van der Waals surface area contributed by atoms with Crippen LogP contribution in [-0.2, 0) is 9.53 Å². The van der Waals surface area contributed by atoms with Gasteiger partial charge in [-0.1, -0.05) is 6.92 Å². The first-order valence-corrected chi connectivity index (χ1v) is 8.98. The van der Waals surface area contributed by atoms with Gasteiger partial charge in [0.15, 0.2) is 6.17 Å². The van der Waals surface area contributed by atoms with E-state index in [1.54, 1.807) is 31.3 Å². The van der Waals surface area contributed by atoms with Crippen molar-refractivity contribution in [1.29, 1.82) is 0 Å². The van der Waals surface area contributed by atoms with Crippen LogP contribution in [-0.4, -0.2) is 60.5 Å². The Morgan fingerprint density at radius 2 is 2.14 bits per heavy atom. The van der Waals surface area contributed by atoms with Crippen LogP contribution in [0.2, 0.25) is 0 Å². The van der Waals surface area contributed by atoms with E-state index in [1.165, 1.54) is 4.90 Å². The summed E-state index contributed by atoms with van der Waals surface area (Å²) in [5, 5.41) is 1.33. The highest BCUT2D eigenvalue weighted by Gasteiger charge is 2.46. The Hall–Kier alpha value is -2.94. The Bertz CT molecular complexity index is 937. The molecular formula is C19H20FN3O5. The Labute approximate surface area is 160 Å². The van der Waals surface area contributed by atoms with Gasteiger partial charge in [0, 0.05) is 17.5 Å². The normalized spacial score (nSPS) is 25.3. The summed E-state index contributed by atoms with van der Waals surface area (Å²) < 4.78 is 31.3. The second-order valence-corrected chi connectivity index (χ2v) is 6.88.